The van der Waals surface area contributed by atoms with Crippen molar-refractivity contribution in [1.29, 1.82) is 5.26 Å². The van der Waals surface area contributed by atoms with Gasteiger partial charge in [-0.2, -0.15) is 5.26 Å². The Bertz CT molecular complexity index is 2860. The van der Waals surface area contributed by atoms with E-state index in [2.05, 4.69) is 225 Å². The first-order valence-corrected chi connectivity index (χ1v) is 24.5. The monoisotopic (exact) mass is 898 g/mol. The largest absolute Gasteiger partial charge is 0.453 e. The van der Waals surface area contributed by atoms with Gasteiger partial charge in [-0.15, -0.1) is 0 Å². The summed E-state index contributed by atoms with van der Waals surface area (Å²) in [6.45, 7) is 26.5. The molecule has 3 aliphatic heterocycles. The minimum atomic E-state index is 0.285. The summed E-state index contributed by atoms with van der Waals surface area (Å²) in [6, 6.07) is 46.3. The SMILES string of the molecule is CC(C)c1ccc2c(c1)Oc1cc(C(C)C)ccc1N2c1cc(N2c3ccc(C(C)C)cc3Oc3cc(C(C)C)ccc32)c(C#N)c(N2c3ccc(C(C)C)cc3Oc3cc(C(C)C)ccc32)c1. The highest BCUT2D eigenvalue weighted by atomic mass is 16.5. The van der Waals surface area contributed by atoms with Crippen LogP contribution in [0.5, 0.6) is 34.5 Å². The summed E-state index contributed by atoms with van der Waals surface area (Å²) in [7, 11) is 0. The maximum absolute atomic E-state index is 11.9. The zero-order chi connectivity index (χ0) is 47.9. The Morgan fingerprint density at radius 2 is 0.529 bits per heavy atom. The van der Waals surface area contributed by atoms with Gasteiger partial charge in [-0.3, -0.25) is 0 Å². The third-order valence-electron chi connectivity index (χ3n) is 13.9. The number of nitriles is 1. The second-order valence-corrected chi connectivity index (χ2v) is 20.6. The van der Waals surface area contributed by atoms with Gasteiger partial charge in [0.1, 0.15) is 11.6 Å². The minimum Gasteiger partial charge on any atom is -0.453 e. The molecule has 0 saturated carbocycles. The Hall–Kier alpha value is -7.17. The van der Waals surface area contributed by atoms with Gasteiger partial charge in [-0.25, -0.2) is 0 Å². The van der Waals surface area contributed by atoms with E-state index in [1.807, 2.05) is 0 Å². The van der Waals surface area contributed by atoms with E-state index in [4.69, 9.17) is 14.2 Å². The van der Waals surface area contributed by atoms with E-state index in [1.165, 1.54) is 33.4 Å². The van der Waals surface area contributed by atoms with Crippen molar-refractivity contribution >= 4 is 51.2 Å². The van der Waals surface area contributed by atoms with Crippen LogP contribution in [0.15, 0.2) is 121 Å². The molecule has 7 aromatic carbocycles. The average molecular weight is 899 g/mol. The molecule has 0 aromatic heterocycles. The lowest BCUT2D eigenvalue weighted by molar-refractivity contribution is 0.474. The highest BCUT2D eigenvalue weighted by Gasteiger charge is 2.36. The summed E-state index contributed by atoms with van der Waals surface area (Å²) in [5.74, 6) is 6.29. The number of ether oxygens (including phenoxy) is 3. The fourth-order valence-corrected chi connectivity index (χ4v) is 9.67. The highest BCUT2D eigenvalue weighted by Crippen LogP contribution is 2.60. The number of fused-ring (bicyclic) bond motifs is 6. The van der Waals surface area contributed by atoms with Gasteiger partial charge < -0.3 is 28.9 Å². The molecule has 0 N–H and O–H groups in total. The van der Waals surface area contributed by atoms with Crippen LogP contribution >= 0.6 is 0 Å². The predicted molar refractivity (Wildman–Crippen MR) is 280 cm³/mol. The van der Waals surface area contributed by atoms with E-state index >= 15 is 0 Å². The summed E-state index contributed by atoms with van der Waals surface area (Å²) in [5, 5.41) is 11.9. The standard InChI is InChI=1S/C61H62N4O3/c1-34(2)40-13-19-48-56(25-40)66-57-26-41(35(3)4)14-20-49(57)63(48)46-31-54(64-50-21-15-42(36(5)6)27-58(50)67-59-28-43(37(7)8)16-22-51(59)64)47(33-62)55(32-46)65-52-23-17-44(38(9)10)29-60(52)68-61-30-45(39(11)12)18-24-53(61)65/h13-32,34-39H,1-12H3. The maximum Gasteiger partial charge on any atom is 0.151 e. The first-order valence-electron chi connectivity index (χ1n) is 24.5. The van der Waals surface area contributed by atoms with Crippen LogP contribution < -0.4 is 28.9 Å². The van der Waals surface area contributed by atoms with E-state index < -0.39 is 0 Å². The second kappa shape index (κ2) is 17.2. The molecular formula is C61H62N4O3. The fourth-order valence-electron chi connectivity index (χ4n) is 9.67. The van der Waals surface area contributed by atoms with Crippen molar-refractivity contribution in [1.82, 2.24) is 0 Å². The molecule has 7 aromatic rings. The molecule has 0 saturated heterocycles. The van der Waals surface area contributed by atoms with Gasteiger partial charge in [0.15, 0.2) is 34.5 Å². The van der Waals surface area contributed by atoms with Crippen LogP contribution in [0, 0.1) is 11.3 Å². The number of benzene rings is 7. The normalized spacial score (nSPS) is 13.5. The molecule has 0 aliphatic carbocycles. The van der Waals surface area contributed by atoms with Gasteiger partial charge in [-0.1, -0.05) is 119 Å². The third kappa shape index (κ3) is 7.61. The van der Waals surface area contributed by atoms with Crippen molar-refractivity contribution < 1.29 is 14.2 Å². The predicted octanol–water partition coefficient (Wildman–Crippen LogP) is 19.0. The quantitative estimate of drug-likeness (QED) is 0.143. The van der Waals surface area contributed by atoms with Crippen molar-refractivity contribution in [2.45, 2.75) is 119 Å². The number of nitrogens with zero attached hydrogens (tertiary/aromatic N) is 4. The Balaban J connectivity index is 1.32. The van der Waals surface area contributed by atoms with Crippen LogP contribution in [0.2, 0.25) is 0 Å². The lowest BCUT2D eigenvalue weighted by Gasteiger charge is -2.39. The molecule has 68 heavy (non-hydrogen) atoms. The summed E-state index contributed by atoms with van der Waals surface area (Å²) >= 11 is 0. The molecule has 0 spiro atoms. The van der Waals surface area contributed by atoms with E-state index in [0.717, 1.165) is 85.7 Å². The van der Waals surface area contributed by atoms with E-state index in [-0.39, 0.29) is 23.7 Å². The lowest BCUT2D eigenvalue weighted by atomic mass is 9.96. The van der Waals surface area contributed by atoms with Gasteiger partial charge in [-0.05, 0) is 154 Å². The van der Waals surface area contributed by atoms with Crippen LogP contribution in [0.4, 0.5) is 51.2 Å². The molecule has 7 heteroatoms. The molecule has 3 aliphatic rings. The van der Waals surface area contributed by atoms with Crippen LogP contribution in [-0.2, 0) is 0 Å². The summed E-state index contributed by atoms with van der Waals surface area (Å²) in [6.07, 6.45) is 0. The third-order valence-corrected chi connectivity index (χ3v) is 13.9. The van der Waals surface area contributed by atoms with Crippen molar-refractivity contribution in [2.75, 3.05) is 14.7 Å². The Morgan fingerprint density at radius 3 is 0.735 bits per heavy atom. The molecule has 344 valence electrons. The average Bonchev–Trinajstić information content (AvgIpc) is 3.32. The van der Waals surface area contributed by atoms with Crippen molar-refractivity contribution in [3.63, 3.8) is 0 Å². The molecule has 0 fully saturated rings. The number of anilines is 9. The minimum absolute atomic E-state index is 0.285. The van der Waals surface area contributed by atoms with Gasteiger partial charge in [0.05, 0.1) is 51.2 Å². The summed E-state index contributed by atoms with van der Waals surface area (Å²) in [5.41, 5.74) is 15.2. The zero-order valence-electron chi connectivity index (χ0n) is 41.5. The first-order chi connectivity index (χ1) is 32.6. The van der Waals surface area contributed by atoms with Crippen molar-refractivity contribution in [3.05, 3.63) is 160 Å². The fraction of sp³-hybridized carbons (Fsp3) is 0.295. The molecule has 0 bridgehead atoms. The van der Waals surface area contributed by atoms with Crippen LogP contribution in [0.25, 0.3) is 0 Å². The number of hydrogen-bond acceptors (Lipinski definition) is 7. The smallest absolute Gasteiger partial charge is 0.151 e. The number of hydrogen-bond donors (Lipinski definition) is 0. The topological polar surface area (TPSA) is 61.2 Å². The maximum atomic E-state index is 11.9. The number of rotatable bonds is 9. The lowest BCUT2D eigenvalue weighted by Crippen LogP contribution is -2.23. The van der Waals surface area contributed by atoms with E-state index in [9.17, 15) is 5.26 Å². The van der Waals surface area contributed by atoms with Crippen LogP contribution in [0.3, 0.4) is 0 Å². The van der Waals surface area contributed by atoms with Gasteiger partial charge in [0, 0.05) is 0 Å². The zero-order valence-corrected chi connectivity index (χ0v) is 41.5. The van der Waals surface area contributed by atoms with Gasteiger partial charge in [0.25, 0.3) is 0 Å². The molecule has 0 atom stereocenters. The Morgan fingerprint density at radius 1 is 0.309 bits per heavy atom. The van der Waals surface area contributed by atoms with Crippen LogP contribution in [0.1, 0.15) is 158 Å². The van der Waals surface area contributed by atoms with Crippen LogP contribution in [-0.4, -0.2) is 0 Å². The Kier molecular flexibility index (Phi) is 11.3. The molecule has 0 unspecified atom stereocenters. The summed E-state index contributed by atoms with van der Waals surface area (Å²) < 4.78 is 20.7. The van der Waals surface area contributed by atoms with Gasteiger partial charge >= 0.3 is 0 Å². The van der Waals surface area contributed by atoms with Gasteiger partial charge in [0.2, 0.25) is 0 Å². The molecule has 7 nitrogen and oxygen atoms in total. The Labute approximate surface area is 403 Å². The second-order valence-electron chi connectivity index (χ2n) is 20.6. The summed E-state index contributed by atoms with van der Waals surface area (Å²) in [4.78, 5) is 6.80. The molecule has 3 heterocycles. The molecule has 10 rings (SSSR count). The first kappa shape index (κ1) is 44.7. The molecule has 0 amide bonds. The van der Waals surface area contributed by atoms with Crippen molar-refractivity contribution in [2.24, 2.45) is 0 Å². The van der Waals surface area contributed by atoms with Crippen molar-refractivity contribution in [3.8, 4) is 40.6 Å². The van der Waals surface area contributed by atoms with E-state index in [0.29, 0.717) is 17.4 Å². The molecular weight excluding hydrogens is 837 g/mol. The van der Waals surface area contributed by atoms with E-state index in [1.54, 1.807) is 0 Å². The molecule has 0 radical (unpaired) electrons. The highest BCUT2D eigenvalue weighted by molar-refractivity contribution is 5.99.